The monoisotopic (exact) mass is 300 g/mol. The molecule has 0 saturated heterocycles. The van der Waals surface area contributed by atoms with E-state index in [9.17, 15) is 9.59 Å². The van der Waals surface area contributed by atoms with Crippen molar-refractivity contribution in [2.75, 3.05) is 0 Å². The number of carboxylic acid groups (broad SMARTS) is 1. The van der Waals surface area contributed by atoms with E-state index in [-0.39, 0.29) is 5.92 Å². The van der Waals surface area contributed by atoms with E-state index in [0.717, 1.165) is 19.1 Å². The molecule has 0 fully saturated rings. The van der Waals surface area contributed by atoms with Crippen molar-refractivity contribution < 1.29 is 14.7 Å². The third-order valence-electron chi connectivity index (χ3n) is 3.27. The molecule has 0 radical (unpaired) electrons. The molecule has 21 heavy (non-hydrogen) atoms. The SMILES string of the molecule is CC(C)C=O.CCCCCCCCCCCCCC(=O)O. The van der Waals surface area contributed by atoms with E-state index in [1.807, 2.05) is 13.8 Å². The summed E-state index contributed by atoms with van der Waals surface area (Å²) in [6.45, 7) is 5.96. The maximum absolute atomic E-state index is 10.3. The normalized spacial score (nSPS) is 10.1. The van der Waals surface area contributed by atoms with Crippen molar-refractivity contribution >= 4 is 12.3 Å². The average Bonchev–Trinajstić information content (AvgIpc) is 2.45. The highest BCUT2D eigenvalue weighted by Crippen LogP contribution is 2.11. The van der Waals surface area contributed by atoms with E-state index in [2.05, 4.69) is 6.92 Å². The largest absolute Gasteiger partial charge is 0.481 e. The topological polar surface area (TPSA) is 54.4 Å². The summed E-state index contributed by atoms with van der Waals surface area (Å²) in [7, 11) is 0. The lowest BCUT2D eigenvalue weighted by Crippen LogP contribution is -1.93. The standard InChI is InChI=1S/C14H28O2.C4H8O/c1-2-3-4-5-6-7-8-9-10-11-12-13-14(15)16;1-4(2)3-5/h2-13H2,1H3,(H,15,16);3-4H,1-2H3. The zero-order valence-corrected chi connectivity index (χ0v) is 14.4. The van der Waals surface area contributed by atoms with Crippen molar-refractivity contribution in [2.45, 2.75) is 97.8 Å². The van der Waals surface area contributed by atoms with Crippen LogP contribution in [0.15, 0.2) is 0 Å². The molecule has 0 aromatic rings. The molecule has 0 unspecified atom stereocenters. The Morgan fingerprint density at radius 2 is 1.19 bits per heavy atom. The van der Waals surface area contributed by atoms with E-state index >= 15 is 0 Å². The van der Waals surface area contributed by atoms with Crippen LogP contribution in [-0.4, -0.2) is 17.4 Å². The van der Waals surface area contributed by atoms with Gasteiger partial charge in [-0.1, -0.05) is 85.0 Å². The molecule has 126 valence electrons. The Kier molecular flexibility index (Phi) is 20.4. The summed E-state index contributed by atoms with van der Waals surface area (Å²) in [5, 5.41) is 8.46. The molecule has 0 aliphatic heterocycles. The van der Waals surface area contributed by atoms with E-state index in [1.54, 1.807) is 0 Å². The quantitative estimate of drug-likeness (QED) is 0.355. The minimum absolute atomic E-state index is 0.204. The molecule has 3 heteroatoms. The molecule has 0 aromatic carbocycles. The maximum Gasteiger partial charge on any atom is 0.303 e. The number of hydrogen-bond acceptors (Lipinski definition) is 2. The molecule has 0 rings (SSSR count). The van der Waals surface area contributed by atoms with Crippen molar-refractivity contribution in [2.24, 2.45) is 5.92 Å². The minimum Gasteiger partial charge on any atom is -0.481 e. The fraction of sp³-hybridized carbons (Fsp3) is 0.889. The first-order valence-corrected chi connectivity index (χ1v) is 8.71. The zero-order valence-electron chi connectivity index (χ0n) is 14.4. The fourth-order valence-corrected chi connectivity index (χ4v) is 1.94. The summed E-state index contributed by atoms with van der Waals surface area (Å²) in [5.41, 5.74) is 0. The number of carbonyl (C=O) groups is 2. The minimum atomic E-state index is -0.657. The van der Waals surface area contributed by atoms with E-state index in [4.69, 9.17) is 5.11 Å². The van der Waals surface area contributed by atoms with Crippen molar-refractivity contribution in [1.29, 1.82) is 0 Å². The van der Waals surface area contributed by atoms with Gasteiger partial charge in [-0.2, -0.15) is 0 Å². The van der Waals surface area contributed by atoms with Gasteiger partial charge < -0.3 is 9.90 Å². The third kappa shape index (κ3) is 28.1. The van der Waals surface area contributed by atoms with Crippen LogP contribution in [0.2, 0.25) is 0 Å². The Hall–Kier alpha value is -0.860. The van der Waals surface area contributed by atoms with E-state index < -0.39 is 5.97 Å². The molecule has 1 N–H and O–H groups in total. The lowest BCUT2D eigenvalue weighted by atomic mass is 10.1. The highest BCUT2D eigenvalue weighted by atomic mass is 16.4. The first kappa shape index (κ1) is 22.4. The van der Waals surface area contributed by atoms with Crippen LogP contribution in [0.4, 0.5) is 0 Å². The maximum atomic E-state index is 10.3. The Bertz CT molecular complexity index is 225. The summed E-state index contributed by atoms with van der Waals surface area (Å²) in [5.74, 6) is -0.453. The number of hydrogen-bond donors (Lipinski definition) is 1. The molecule has 0 amide bonds. The number of unbranched alkanes of at least 4 members (excludes halogenated alkanes) is 10. The van der Waals surface area contributed by atoms with Crippen molar-refractivity contribution in [3.63, 3.8) is 0 Å². The summed E-state index contributed by atoms with van der Waals surface area (Å²) in [4.78, 5) is 19.8. The molecule has 0 spiro atoms. The lowest BCUT2D eigenvalue weighted by Gasteiger charge is -2.01. The first-order chi connectivity index (χ1) is 10.0. The van der Waals surface area contributed by atoms with Gasteiger partial charge in [0.25, 0.3) is 0 Å². The first-order valence-electron chi connectivity index (χ1n) is 8.71. The Morgan fingerprint density at radius 1 is 0.857 bits per heavy atom. The summed E-state index contributed by atoms with van der Waals surface area (Å²) in [6.07, 6.45) is 15.3. The van der Waals surface area contributed by atoms with Gasteiger partial charge in [0, 0.05) is 12.3 Å². The molecule has 0 aliphatic carbocycles. The summed E-state index contributed by atoms with van der Waals surface area (Å²) in [6, 6.07) is 0. The predicted octanol–water partition coefficient (Wildman–Crippen LogP) is 5.61. The molecular weight excluding hydrogens is 264 g/mol. The van der Waals surface area contributed by atoms with Gasteiger partial charge in [0.15, 0.2) is 0 Å². The van der Waals surface area contributed by atoms with Gasteiger partial charge in [-0.15, -0.1) is 0 Å². The second-order valence-electron chi connectivity index (χ2n) is 6.06. The summed E-state index contributed by atoms with van der Waals surface area (Å²) >= 11 is 0. The molecule has 0 heterocycles. The van der Waals surface area contributed by atoms with Gasteiger partial charge in [-0.25, -0.2) is 0 Å². The van der Waals surface area contributed by atoms with Crippen LogP contribution in [0.25, 0.3) is 0 Å². The average molecular weight is 300 g/mol. The molecule has 0 aliphatic rings. The number of aldehydes is 1. The van der Waals surface area contributed by atoms with Crippen molar-refractivity contribution in [3.8, 4) is 0 Å². The van der Waals surface area contributed by atoms with Crippen LogP contribution in [0.5, 0.6) is 0 Å². The fourth-order valence-electron chi connectivity index (χ4n) is 1.94. The molecule has 0 atom stereocenters. The predicted molar refractivity (Wildman–Crippen MR) is 89.6 cm³/mol. The molecule has 0 bridgehead atoms. The molecule has 0 aromatic heterocycles. The van der Waals surface area contributed by atoms with Gasteiger partial charge in [0.1, 0.15) is 6.29 Å². The Labute approximate surface area is 131 Å². The van der Waals surface area contributed by atoms with Crippen LogP contribution in [0.1, 0.15) is 97.8 Å². The molecular formula is C18H36O3. The number of carbonyl (C=O) groups excluding carboxylic acids is 1. The van der Waals surface area contributed by atoms with Gasteiger partial charge >= 0.3 is 5.97 Å². The van der Waals surface area contributed by atoms with Gasteiger partial charge in [-0.3, -0.25) is 4.79 Å². The highest BCUT2D eigenvalue weighted by molar-refractivity contribution is 5.66. The zero-order chi connectivity index (χ0) is 16.3. The van der Waals surface area contributed by atoms with Crippen molar-refractivity contribution in [1.82, 2.24) is 0 Å². The second kappa shape index (κ2) is 19.1. The van der Waals surface area contributed by atoms with Crippen LogP contribution >= 0.6 is 0 Å². The van der Waals surface area contributed by atoms with Gasteiger partial charge in [0.2, 0.25) is 0 Å². The van der Waals surface area contributed by atoms with Crippen molar-refractivity contribution in [3.05, 3.63) is 0 Å². The van der Waals surface area contributed by atoms with E-state index in [0.29, 0.717) is 6.42 Å². The van der Waals surface area contributed by atoms with Gasteiger partial charge in [-0.05, 0) is 6.42 Å². The highest BCUT2D eigenvalue weighted by Gasteiger charge is 1.96. The van der Waals surface area contributed by atoms with Crippen LogP contribution < -0.4 is 0 Å². The third-order valence-corrected chi connectivity index (χ3v) is 3.27. The number of rotatable bonds is 13. The molecule has 0 saturated carbocycles. The lowest BCUT2D eigenvalue weighted by molar-refractivity contribution is -0.137. The molecule has 3 nitrogen and oxygen atoms in total. The Balaban J connectivity index is 0. The summed E-state index contributed by atoms with van der Waals surface area (Å²) < 4.78 is 0. The number of carboxylic acids is 1. The van der Waals surface area contributed by atoms with E-state index in [1.165, 1.54) is 57.8 Å². The van der Waals surface area contributed by atoms with Crippen LogP contribution in [0.3, 0.4) is 0 Å². The van der Waals surface area contributed by atoms with Crippen LogP contribution in [0, 0.1) is 5.92 Å². The smallest absolute Gasteiger partial charge is 0.303 e. The van der Waals surface area contributed by atoms with Gasteiger partial charge in [0.05, 0.1) is 0 Å². The number of aliphatic carboxylic acids is 1. The second-order valence-corrected chi connectivity index (χ2v) is 6.06. The van der Waals surface area contributed by atoms with Crippen LogP contribution in [-0.2, 0) is 9.59 Å². The Morgan fingerprint density at radius 3 is 1.48 bits per heavy atom.